The van der Waals surface area contributed by atoms with Crippen LogP contribution in [0.25, 0.3) is 0 Å². The number of carbonyl (C=O) groups is 1. The van der Waals surface area contributed by atoms with E-state index in [2.05, 4.69) is 13.8 Å². The van der Waals surface area contributed by atoms with E-state index >= 15 is 0 Å². The topological polar surface area (TPSA) is 55.8 Å². The van der Waals surface area contributed by atoms with E-state index in [1.165, 1.54) is 6.26 Å². The molecule has 0 atom stereocenters. The second kappa shape index (κ2) is 8.35. The summed E-state index contributed by atoms with van der Waals surface area (Å²) in [5.74, 6) is 0.503. The zero-order chi connectivity index (χ0) is 15.8. The van der Waals surface area contributed by atoms with Gasteiger partial charge in [-0.05, 0) is 43.4 Å². The predicted molar refractivity (Wildman–Crippen MR) is 82.3 cm³/mol. The molecule has 0 amide bonds. The largest absolute Gasteiger partial charge is 0.504 e. The Morgan fingerprint density at radius 2 is 2.10 bits per heavy atom. The summed E-state index contributed by atoms with van der Waals surface area (Å²) in [6, 6.07) is 5.30. The van der Waals surface area contributed by atoms with Gasteiger partial charge in [0.2, 0.25) is 0 Å². The third kappa shape index (κ3) is 5.90. The Kier molecular flexibility index (Phi) is 6.79. The van der Waals surface area contributed by atoms with Crippen molar-refractivity contribution in [3.05, 3.63) is 35.6 Å². The maximum atomic E-state index is 11.6. The number of esters is 1. The van der Waals surface area contributed by atoms with Gasteiger partial charge in [-0.2, -0.15) is 0 Å². The van der Waals surface area contributed by atoms with E-state index in [0.717, 1.165) is 18.4 Å². The Balaban J connectivity index is 2.68. The average molecular weight is 292 g/mol. The van der Waals surface area contributed by atoms with Crippen molar-refractivity contribution in [1.82, 2.24) is 0 Å². The fraction of sp³-hybridized carbons (Fsp3) is 0.471. The van der Waals surface area contributed by atoms with Crippen LogP contribution in [0.2, 0.25) is 0 Å². The first-order chi connectivity index (χ1) is 9.93. The van der Waals surface area contributed by atoms with Crippen molar-refractivity contribution in [2.24, 2.45) is 5.92 Å². The number of phenolic OH excluding ortho intramolecular Hbond substituents is 1. The summed E-state index contributed by atoms with van der Waals surface area (Å²) in [5, 5.41) is 9.93. The van der Waals surface area contributed by atoms with Crippen molar-refractivity contribution in [2.75, 3.05) is 6.61 Å². The minimum Gasteiger partial charge on any atom is -0.504 e. The third-order valence-corrected chi connectivity index (χ3v) is 2.79. The summed E-state index contributed by atoms with van der Waals surface area (Å²) in [4.78, 5) is 11.6. The molecule has 116 valence electrons. The zero-order valence-corrected chi connectivity index (χ0v) is 13.2. The molecule has 1 N–H and O–H groups in total. The lowest BCUT2D eigenvalue weighted by molar-refractivity contribution is -0.139. The van der Waals surface area contributed by atoms with Gasteiger partial charge in [0.05, 0.1) is 12.2 Å². The molecule has 0 unspecified atom stereocenters. The molecule has 1 rings (SSSR count). The quantitative estimate of drug-likeness (QED) is 0.471. The van der Waals surface area contributed by atoms with E-state index in [1.54, 1.807) is 19.1 Å². The van der Waals surface area contributed by atoms with Crippen molar-refractivity contribution in [2.45, 2.75) is 40.5 Å². The summed E-state index contributed by atoms with van der Waals surface area (Å²) >= 11 is 0. The molecule has 0 aliphatic carbocycles. The molecule has 0 aliphatic rings. The van der Waals surface area contributed by atoms with Crippen LogP contribution in [0.5, 0.6) is 11.5 Å². The molecule has 0 aromatic heterocycles. The van der Waals surface area contributed by atoms with Crippen LogP contribution in [0.3, 0.4) is 0 Å². The van der Waals surface area contributed by atoms with Crippen LogP contribution in [0.15, 0.2) is 30.0 Å². The van der Waals surface area contributed by atoms with Gasteiger partial charge in [-0.25, -0.2) is 4.79 Å². The molecule has 0 spiro atoms. The fourth-order valence-corrected chi connectivity index (χ4v) is 1.77. The van der Waals surface area contributed by atoms with Crippen LogP contribution in [0, 0.1) is 5.92 Å². The molecule has 4 nitrogen and oxygen atoms in total. The van der Waals surface area contributed by atoms with Crippen molar-refractivity contribution in [3.8, 4) is 11.5 Å². The lowest BCUT2D eigenvalue weighted by atomic mass is 10.0. The first-order valence-corrected chi connectivity index (χ1v) is 7.26. The molecule has 0 fully saturated rings. The number of hydrogen-bond donors (Lipinski definition) is 1. The van der Waals surface area contributed by atoms with Gasteiger partial charge in [-0.15, -0.1) is 0 Å². The molecular weight excluding hydrogens is 268 g/mol. The average Bonchev–Trinajstić information content (AvgIpc) is 2.42. The molecule has 0 bridgehead atoms. The monoisotopic (exact) mass is 292 g/mol. The number of phenols is 1. The van der Waals surface area contributed by atoms with E-state index < -0.39 is 5.97 Å². The van der Waals surface area contributed by atoms with E-state index in [4.69, 9.17) is 9.47 Å². The fourth-order valence-electron chi connectivity index (χ4n) is 1.77. The highest BCUT2D eigenvalue weighted by molar-refractivity contribution is 5.87. The molecular formula is C17H24O4. The first kappa shape index (κ1) is 17.1. The van der Waals surface area contributed by atoms with E-state index in [1.807, 2.05) is 13.0 Å². The van der Waals surface area contributed by atoms with Crippen LogP contribution >= 0.6 is 0 Å². The summed E-state index contributed by atoms with van der Waals surface area (Å²) in [5.41, 5.74) is 1.41. The summed E-state index contributed by atoms with van der Waals surface area (Å²) in [6.07, 6.45) is 2.97. The number of hydrogen-bond acceptors (Lipinski definition) is 4. The van der Waals surface area contributed by atoms with E-state index in [0.29, 0.717) is 23.8 Å². The normalized spacial score (nSPS) is 11.6. The van der Waals surface area contributed by atoms with Crippen LogP contribution < -0.4 is 4.74 Å². The molecule has 0 radical (unpaired) electrons. The number of rotatable bonds is 7. The summed E-state index contributed by atoms with van der Waals surface area (Å²) in [7, 11) is 0. The first-order valence-electron chi connectivity index (χ1n) is 7.26. The van der Waals surface area contributed by atoms with Crippen molar-refractivity contribution >= 4 is 5.97 Å². The van der Waals surface area contributed by atoms with Crippen LogP contribution in [-0.2, 0) is 16.0 Å². The molecule has 0 heterocycles. The van der Waals surface area contributed by atoms with Gasteiger partial charge in [0.1, 0.15) is 6.26 Å². The van der Waals surface area contributed by atoms with Gasteiger partial charge in [-0.3, -0.25) is 0 Å². The van der Waals surface area contributed by atoms with Crippen molar-refractivity contribution in [3.63, 3.8) is 0 Å². The van der Waals surface area contributed by atoms with Crippen LogP contribution in [0.1, 0.15) is 39.7 Å². The summed E-state index contributed by atoms with van der Waals surface area (Å²) in [6.45, 7) is 8.17. The number of aromatic hydroxyl groups is 1. The highest BCUT2D eigenvalue weighted by Crippen LogP contribution is 2.28. The second-order valence-corrected chi connectivity index (χ2v) is 5.45. The lowest BCUT2D eigenvalue weighted by Gasteiger charge is -2.09. The lowest BCUT2D eigenvalue weighted by Crippen LogP contribution is -2.07. The Labute approximate surface area is 126 Å². The van der Waals surface area contributed by atoms with Gasteiger partial charge < -0.3 is 14.6 Å². The Bertz CT molecular complexity index is 504. The SMILES string of the molecule is CCCOC(=O)C(C)=COc1ccc(CC(C)C)cc1O. The van der Waals surface area contributed by atoms with Gasteiger partial charge in [0.15, 0.2) is 11.5 Å². The maximum absolute atomic E-state index is 11.6. The molecule has 0 saturated heterocycles. The molecule has 4 heteroatoms. The maximum Gasteiger partial charge on any atom is 0.336 e. The molecule has 21 heavy (non-hydrogen) atoms. The Morgan fingerprint density at radius 3 is 2.67 bits per heavy atom. The smallest absolute Gasteiger partial charge is 0.336 e. The molecule has 0 saturated carbocycles. The van der Waals surface area contributed by atoms with Crippen molar-refractivity contribution < 1.29 is 19.4 Å². The van der Waals surface area contributed by atoms with Gasteiger partial charge in [0, 0.05) is 0 Å². The number of ether oxygens (including phenoxy) is 2. The van der Waals surface area contributed by atoms with Crippen LogP contribution in [-0.4, -0.2) is 17.7 Å². The number of benzene rings is 1. The highest BCUT2D eigenvalue weighted by atomic mass is 16.5. The number of carbonyl (C=O) groups excluding carboxylic acids is 1. The minimum absolute atomic E-state index is 0.0686. The van der Waals surface area contributed by atoms with E-state index in [-0.39, 0.29) is 5.75 Å². The summed E-state index contributed by atoms with van der Waals surface area (Å²) < 4.78 is 10.3. The Hall–Kier alpha value is -1.97. The van der Waals surface area contributed by atoms with Gasteiger partial charge in [-0.1, -0.05) is 26.8 Å². The highest BCUT2D eigenvalue weighted by Gasteiger charge is 2.08. The molecule has 0 aliphatic heterocycles. The molecule has 1 aromatic carbocycles. The van der Waals surface area contributed by atoms with Gasteiger partial charge >= 0.3 is 5.97 Å². The van der Waals surface area contributed by atoms with Crippen molar-refractivity contribution in [1.29, 1.82) is 0 Å². The second-order valence-electron chi connectivity index (χ2n) is 5.45. The minimum atomic E-state index is -0.409. The van der Waals surface area contributed by atoms with E-state index in [9.17, 15) is 9.90 Å². The molecule has 1 aromatic rings. The third-order valence-electron chi connectivity index (χ3n) is 2.79. The van der Waals surface area contributed by atoms with Crippen LogP contribution in [0.4, 0.5) is 0 Å². The standard InChI is InChI=1S/C17H24O4/c1-5-8-20-17(19)13(4)11-21-16-7-6-14(9-12(2)3)10-15(16)18/h6-7,10-12,18H,5,8-9H2,1-4H3. The Morgan fingerprint density at radius 1 is 1.38 bits per heavy atom. The zero-order valence-electron chi connectivity index (χ0n) is 13.2. The predicted octanol–water partition coefficient (Wildman–Crippen LogP) is 3.83. The van der Waals surface area contributed by atoms with Gasteiger partial charge in [0.25, 0.3) is 0 Å².